The third-order valence-electron chi connectivity index (χ3n) is 4.54. The van der Waals surface area contributed by atoms with E-state index in [-0.39, 0.29) is 35.5 Å². The molecule has 0 aliphatic rings. The van der Waals surface area contributed by atoms with Gasteiger partial charge in [-0.2, -0.15) is 0 Å². The van der Waals surface area contributed by atoms with E-state index in [1.54, 1.807) is 37.3 Å². The highest BCUT2D eigenvalue weighted by Crippen LogP contribution is 2.27. The molecule has 0 heterocycles. The number of anilines is 1. The molecule has 2 rings (SSSR count). The van der Waals surface area contributed by atoms with Crippen molar-refractivity contribution >= 4 is 21.6 Å². The second-order valence-corrected chi connectivity index (χ2v) is 10.2. The standard InChI is InChI=1S/C22H29FN2O4S/c1-14-11-16(7-10-20(14)25-30(6,27)28)15(2)24-21(26)13-29-17-8-9-18(19(23)12-17)22(3,4)5/h7-12,15,25H,13H2,1-6H3,(H,24,26)/t15-/m1/s1. The van der Waals surface area contributed by atoms with Crippen LogP contribution in [0.25, 0.3) is 0 Å². The van der Waals surface area contributed by atoms with Crippen LogP contribution < -0.4 is 14.8 Å². The average molecular weight is 437 g/mol. The maximum absolute atomic E-state index is 14.3. The van der Waals surface area contributed by atoms with Crippen LogP contribution in [0.1, 0.15) is 50.4 Å². The lowest BCUT2D eigenvalue weighted by atomic mass is 9.87. The van der Waals surface area contributed by atoms with Crippen LogP contribution >= 0.6 is 0 Å². The number of amides is 1. The fourth-order valence-corrected chi connectivity index (χ4v) is 3.61. The molecule has 30 heavy (non-hydrogen) atoms. The fraction of sp³-hybridized carbons (Fsp3) is 0.409. The molecule has 1 atom stereocenters. The molecule has 0 spiro atoms. The molecule has 0 aromatic heterocycles. The monoisotopic (exact) mass is 436 g/mol. The van der Waals surface area contributed by atoms with E-state index in [0.717, 1.165) is 17.4 Å². The zero-order valence-electron chi connectivity index (χ0n) is 18.2. The van der Waals surface area contributed by atoms with Crippen molar-refractivity contribution in [2.24, 2.45) is 0 Å². The molecule has 2 aromatic rings. The molecule has 0 unspecified atom stereocenters. The summed E-state index contributed by atoms with van der Waals surface area (Å²) in [5.41, 5.74) is 2.31. The van der Waals surface area contributed by atoms with E-state index in [4.69, 9.17) is 4.74 Å². The number of aryl methyl sites for hydroxylation is 1. The highest BCUT2D eigenvalue weighted by molar-refractivity contribution is 7.92. The number of carbonyl (C=O) groups is 1. The van der Waals surface area contributed by atoms with Crippen LogP contribution in [0, 0.1) is 12.7 Å². The average Bonchev–Trinajstić information content (AvgIpc) is 2.59. The second kappa shape index (κ2) is 9.04. The number of benzene rings is 2. The lowest BCUT2D eigenvalue weighted by Crippen LogP contribution is -2.31. The van der Waals surface area contributed by atoms with Gasteiger partial charge in [0.2, 0.25) is 10.0 Å². The molecule has 0 saturated carbocycles. The van der Waals surface area contributed by atoms with Crippen molar-refractivity contribution in [2.75, 3.05) is 17.6 Å². The number of ether oxygens (including phenoxy) is 1. The maximum Gasteiger partial charge on any atom is 0.258 e. The molecule has 164 valence electrons. The van der Waals surface area contributed by atoms with Gasteiger partial charge >= 0.3 is 0 Å². The van der Waals surface area contributed by atoms with Gasteiger partial charge in [-0.25, -0.2) is 12.8 Å². The normalized spacial score (nSPS) is 12.9. The van der Waals surface area contributed by atoms with Gasteiger partial charge in [0.05, 0.1) is 18.0 Å². The largest absolute Gasteiger partial charge is 0.484 e. The molecule has 1 amide bonds. The lowest BCUT2D eigenvalue weighted by molar-refractivity contribution is -0.123. The van der Waals surface area contributed by atoms with E-state index < -0.39 is 10.0 Å². The van der Waals surface area contributed by atoms with E-state index in [0.29, 0.717) is 11.3 Å². The van der Waals surface area contributed by atoms with Crippen molar-refractivity contribution in [3.05, 3.63) is 58.9 Å². The van der Waals surface area contributed by atoms with Crippen LogP contribution in [0.4, 0.5) is 10.1 Å². The Morgan fingerprint density at radius 1 is 1.17 bits per heavy atom. The Morgan fingerprint density at radius 3 is 2.37 bits per heavy atom. The van der Waals surface area contributed by atoms with Crippen molar-refractivity contribution in [1.29, 1.82) is 0 Å². The van der Waals surface area contributed by atoms with Crippen LogP contribution in [0.2, 0.25) is 0 Å². The summed E-state index contributed by atoms with van der Waals surface area (Å²) in [5, 5.41) is 2.82. The zero-order valence-corrected chi connectivity index (χ0v) is 19.0. The van der Waals surface area contributed by atoms with Crippen molar-refractivity contribution in [3.63, 3.8) is 0 Å². The summed E-state index contributed by atoms with van der Waals surface area (Å²) in [7, 11) is -3.36. The summed E-state index contributed by atoms with van der Waals surface area (Å²) in [6.45, 7) is 9.12. The van der Waals surface area contributed by atoms with Gasteiger partial charge in [-0.3, -0.25) is 9.52 Å². The first kappa shape index (κ1) is 23.7. The van der Waals surface area contributed by atoms with E-state index in [1.807, 2.05) is 27.7 Å². The van der Waals surface area contributed by atoms with Crippen LogP contribution in [0.15, 0.2) is 36.4 Å². The molecule has 0 fully saturated rings. The molecule has 6 nitrogen and oxygen atoms in total. The van der Waals surface area contributed by atoms with Gasteiger partial charge in [-0.15, -0.1) is 0 Å². The molecule has 0 radical (unpaired) electrons. The van der Waals surface area contributed by atoms with Gasteiger partial charge in [0.1, 0.15) is 11.6 Å². The SMILES string of the molecule is Cc1cc([C@@H](C)NC(=O)COc2ccc(C(C)(C)C)c(F)c2)ccc1NS(C)(=O)=O. The number of sulfonamides is 1. The molecule has 2 N–H and O–H groups in total. The highest BCUT2D eigenvalue weighted by atomic mass is 32.2. The van der Waals surface area contributed by atoms with Gasteiger partial charge in [-0.1, -0.05) is 39.0 Å². The Balaban J connectivity index is 1.96. The molecular weight excluding hydrogens is 407 g/mol. The summed E-state index contributed by atoms with van der Waals surface area (Å²) in [5.74, 6) is -0.429. The first-order valence-corrected chi connectivity index (χ1v) is 11.5. The third kappa shape index (κ3) is 6.73. The molecule has 2 aromatic carbocycles. The lowest BCUT2D eigenvalue weighted by Gasteiger charge is -2.20. The summed E-state index contributed by atoms with van der Waals surface area (Å²) in [4.78, 5) is 12.2. The van der Waals surface area contributed by atoms with E-state index >= 15 is 0 Å². The Kier molecular flexibility index (Phi) is 7.13. The van der Waals surface area contributed by atoms with Gasteiger partial charge in [0.15, 0.2) is 6.61 Å². The van der Waals surface area contributed by atoms with Crippen LogP contribution in [-0.2, 0) is 20.2 Å². The smallest absolute Gasteiger partial charge is 0.258 e. The Labute approximate surface area is 177 Å². The van der Waals surface area contributed by atoms with Crippen LogP contribution in [-0.4, -0.2) is 27.2 Å². The van der Waals surface area contributed by atoms with Gasteiger partial charge in [0, 0.05) is 6.07 Å². The Bertz CT molecular complexity index is 1030. The predicted octanol–water partition coefficient (Wildman–Crippen LogP) is 4.06. The van der Waals surface area contributed by atoms with E-state index in [9.17, 15) is 17.6 Å². The predicted molar refractivity (Wildman–Crippen MR) is 117 cm³/mol. The fourth-order valence-electron chi connectivity index (χ4n) is 2.98. The summed E-state index contributed by atoms with van der Waals surface area (Å²) >= 11 is 0. The molecule has 0 aliphatic heterocycles. The molecule has 0 saturated heterocycles. The maximum atomic E-state index is 14.3. The van der Waals surface area contributed by atoms with Crippen molar-refractivity contribution in [2.45, 2.75) is 46.1 Å². The van der Waals surface area contributed by atoms with Gasteiger partial charge in [0.25, 0.3) is 5.91 Å². The topological polar surface area (TPSA) is 84.5 Å². The number of carbonyl (C=O) groups excluding carboxylic acids is 1. The third-order valence-corrected chi connectivity index (χ3v) is 5.13. The molecule has 8 heteroatoms. The minimum absolute atomic E-state index is 0.245. The van der Waals surface area contributed by atoms with Crippen molar-refractivity contribution in [1.82, 2.24) is 5.32 Å². The van der Waals surface area contributed by atoms with E-state index in [1.165, 1.54) is 6.07 Å². The van der Waals surface area contributed by atoms with Crippen LogP contribution in [0.3, 0.4) is 0 Å². The first-order valence-electron chi connectivity index (χ1n) is 9.57. The number of hydrogen-bond acceptors (Lipinski definition) is 4. The number of rotatable bonds is 7. The molecule has 0 aliphatic carbocycles. The number of halogens is 1. The minimum atomic E-state index is -3.36. The van der Waals surface area contributed by atoms with E-state index in [2.05, 4.69) is 10.0 Å². The highest BCUT2D eigenvalue weighted by Gasteiger charge is 2.19. The number of nitrogens with one attached hydrogen (secondary N) is 2. The van der Waals surface area contributed by atoms with Gasteiger partial charge in [-0.05, 0) is 48.1 Å². The molecular formula is C22H29FN2O4S. The zero-order chi connectivity index (χ0) is 22.7. The minimum Gasteiger partial charge on any atom is -0.484 e. The first-order chi connectivity index (χ1) is 13.8. The summed E-state index contributed by atoms with van der Waals surface area (Å²) in [6.07, 6.45) is 1.09. The van der Waals surface area contributed by atoms with Crippen molar-refractivity contribution in [3.8, 4) is 5.75 Å². The Hall–Kier alpha value is -2.61. The summed E-state index contributed by atoms with van der Waals surface area (Å²) in [6, 6.07) is 9.50. The van der Waals surface area contributed by atoms with Gasteiger partial charge < -0.3 is 10.1 Å². The molecule has 0 bridgehead atoms. The van der Waals surface area contributed by atoms with Crippen LogP contribution in [0.5, 0.6) is 5.75 Å². The quantitative estimate of drug-likeness (QED) is 0.686. The van der Waals surface area contributed by atoms with Crippen molar-refractivity contribution < 1.29 is 22.3 Å². The Morgan fingerprint density at radius 2 is 1.83 bits per heavy atom. The second-order valence-electron chi connectivity index (χ2n) is 8.42. The number of hydrogen-bond donors (Lipinski definition) is 2. The summed E-state index contributed by atoms with van der Waals surface area (Å²) < 4.78 is 44.9.